The van der Waals surface area contributed by atoms with E-state index in [-0.39, 0.29) is 30.5 Å². The molecule has 30 heavy (non-hydrogen) atoms. The maximum Gasteiger partial charge on any atom is 0.187 e. The van der Waals surface area contributed by atoms with E-state index in [1.54, 1.807) is 24.1 Å². The Kier molecular flexibility index (Phi) is 6.01. The highest BCUT2D eigenvalue weighted by molar-refractivity contribution is 5.85. The second-order valence-corrected chi connectivity index (χ2v) is 8.07. The van der Waals surface area contributed by atoms with Gasteiger partial charge in [0.15, 0.2) is 11.9 Å². The number of carbonyl (C=O) groups excluding carboxylic acids is 1. The minimum Gasteiger partial charge on any atom is -0.487 e. The van der Waals surface area contributed by atoms with Crippen molar-refractivity contribution in [1.29, 1.82) is 0 Å². The molecule has 0 bridgehead atoms. The first-order valence-corrected chi connectivity index (χ1v) is 10.2. The van der Waals surface area contributed by atoms with Gasteiger partial charge in [-0.1, -0.05) is 0 Å². The summed E-state index contributed by atoms with van der Waals surface area (Å²) in [6.07, 6.45) is 0.544. The number of hydrogen-bond acceptors (Lipinski definition) is 5. The van der Waals surface area contributed by atoms with Crippen LogP contribution in [0.15, 0.2) is 36.4 Å². The molecular weight excluding hydrogens is 392 g/mol. The van der Waals surface area contributed by atoms with Crippen LogP contribution >= 0.6 is 0 Å². The molecule has 3 atom stereocenters. The lowest BCUT2D eigenvalue weighted by molar-refractivity contribution is -0.127. The number of benzene rings is 2. The van der Waals surface area contributed by atoms with E-state index in [2.05, 4.69) is 0 Å². The Morgan fingerprint density at radius 2 is 1.67 bits per heavy atom. The van der Waals surface area contributed by atoms with Gasteiger partial charge in [0.05, 0.1) is 6.54 Å². The van der Waals surface area contributed by atoms with Crippen molar-refractivity contribution in [2.24, 2.45) is 0 Å². The molecule has 7 heteroatoms. The molecule has 2 unspecified atom stereocenters. The predicted octanol–water partition coefficient (Wildman–Crippen LogP) is 2.91. The lowest BCUT2D eigenvalue weighted by Gasteiger charge is -2.32. The van der Waals surface area contributed by atoms with E-state index in [1.165, 1.54) is 24.3 Å². The minimum atomic E-state index is -0.781. The van der Waals surface area contributed by atoms with Crippen LogP contribution in [0.5, 0.6) is 11.5 Å². The first kappa shape index (κ1) is 20.8. The normalized spacial score (nSPS) is 21.2. The van der Waals surface area contributed by atoms with E-state index in [1.807, 2.05) is 0 Å². The molecule has 0 amide bonds. The third-order valence-corrected chi connectivity index (χ3v) is 5.68. The molecule has 2 aromatic rings. The maximum absolute atomic E-state index is 13.3. The quantitative estimate of drug-likeness (QED) is 0.783. The van der Waals surface area contributed by atoms with Gasteiger partial charge >= 0.3 is 0 Å². The number of hydrogen-bond donors (Lipinski definition) is 1. The molecule has 0 spiro atoms. The second kappa shape index (κ2) is 8.70. The average molecular weight is 417 g/mol. The highest BCUT2D eigenvalue weighted by Gasteiger charge is 2.30. The fraction of sp³-hybridized carbons (Fsp3) is 0.435. The fourth-order valence-electron chi connectivity index (χ4n) is 4.10. The Morgan fingerprint density at radius 1 is 1.07 bits per heavy atom. The number of ketones is 1. The molecule has 0 saturated heterocycles. The monoisotopic (exact) mass is 417 g/mol. The molecule has 2 aliphatic heterocycles. The largest absolute Gasteiger partial charge is 0.487 e. The first-order valence-electron chi connectivity index (χ1n) is 10.2. The number of carbonyl (C=O) groups is 1. The summed E-state index contributed by atoms with van der Waals surface area (Å²) in [5.41, 5.74) is 1.58. The van der Waals surface area contributed by atoms with Crippen molar-refractivity contribution in [3.63, 3.8) is 0 Å². The summed E-state index contributed by atoms with van der Waals surface area (Å²) in [5, 5.41) is 10.6. The summed E-state index contributed by atoms with van der Waals surface area (Å²) in [5.74, 6) is 0.455. The Labute approximate surface area is 174 Å². The van der Waals surface area contributed by atoms with Gasteiger partial charge < -0.3 is 14.6 Å². The summed E-state index contributed by atoms with van der Waals surface area (Å²) in [7, 11) is 1.76. The number of fused-ring (bicyclic) bond motifs is 2. The third kappa shape index (κ3) is 4.63. The van der Waals surface area contributed by atoms with Crippen LogP contribution in [0.2, 0.25) is 0 Å². The van der Waals surface area contributed by atoms with Gasteiger partial charge in [0, 0.05) is 6.54 Å². The minimum absolute atomic E-state index is 0.0786. The molecule has 2 heterocycles. The van der Waals surface area contributed by atoms with Crippen LogP contribution in [0.1, 0.15) is 24.0 Å². The van der Waals surface area contributed by atoms with Crippen molar-refractivity contribution in [1.82, 2.24) is 4.90 Å². The van der Waals surface area contributed by atoms with Gasteiger partial charge in [-0.25, -0.2) is 8.78 Å². The van der Waals surface area contributed by atoms with Crippen molar-refractivity contribution in [2.45, 2.75) is 44.0 Å². The number of aryl methyl sites for hydroxylation is 2. The van der Waals surface area contributed by atoms with Crippen LogP contribution < -0.4 is 9.47 Å². The highest BCUT2D eigenvalue weighted by atomic mass is 19.1. The van der Waals surface area contributed by atoms with Crippen molar-refractivity contribution in [2.75, 3.05) is 20.1 Å². The Morgan fingerprint density at radius 3 is 2.33 bits per heavy atom. The van der Waals surface area contributed by atoms with Crippen LogP contribution in [-0.2, 0) is 17.6 Å². The molecule has 5 nitrogen and oxygen atoms in total. The second-order valence-electron chi connectivity index (χ2n) is 8.07. The molecule has 0 aliphatic carbocycles. The SMILES string of the molecule is CN(CC(=O)C1CCc2cc(F)ccc2O1)C[C@H](O)C1CCc2cc(F)ccc2O1. The summed E-state index contributed by atoms with van der Waals surface area (Å²) in [6.45, 7) is 0.397. The van der Waals surface area contributed by atoms with Gasteiger partial charge in [-0.15, -0.1) is 0 Å². The van der Waals surface area contributed by atoms with Gasteiger partial charge in [-0.3, -0.25) is 9.69 Å². The van der Waals surface area contributed by atoms with E-state index < -0.39 is 18.3 Å². The first-order chi connectivity index (χ1) is 14.4. The van der Waals surface area contributed by atoms with Crippen LogP contribution in [0.25, 0.3) is 0 Å². The zero-order valence-electron chi connectivity index (χ0n) is 16.8. The summed E-state index contributed by atoms with van der Waals surface area (Å²) in [6, 6.07) is 8.71. The highest BCUT2D eigenvalue weighted by Crippen LogP contribution is 2.30. The number of aliphatic hydroxyl groups excluding tert-OH is 1. The summed E-state index contributed by atoms with van der Waals surface area (Å²) in [4.78, 5) is 14.4. The number of likely N-dealkylation sites (N-methyl/N-ethyl adjacent to an activating group) is 1. The topological polar surface area (TPSA) is 59.0 Å². The van der Waals surface area contributed by atoms with E-state index in [0.29, 0.717) is 37.2 Å². The van der Waals surface area contributed by atoms with Crippen molar-refractivity contribution < 1.29 is 28.2 Å². The zero-order valence-corrected chi connectivity index (χ0v) is 16.8. The van der Waals surface area contributed by atoms with Crippen LogP contribution in [-0.4, -0.2) is 54.2 Å². The number of nitrogens with zero attached hydrogens (tertiary/aromatic N) is 1. The molecule has 1 N–H and O–H groups in total. The standard InChI is InChI=1S/C23H25F2NO4/c1-26(12-18(27)22-6-2-14-10-16(24)4-8-20(14)29-22)13-19(28)23-7-3-15-11-17(25)5-9-21(15)30-23/h4-5,8-11,18,22-23,27H,2-3,6-7,12-13H2,1H3/t18-,22?,23?/m0/s1. The third-order valence-electron chi connectivity index (χ3n) is 5.68. The van der Waals surface area contributed by atoms with E-state index in [4.69, 9.17) is 9.47 Å². The number of halogens is 2. The Bertz CT molecular complexity index is 935. The molecule has 2 aromatic carbocycles. The number of ether oxygens (including phenoxy) is 2. The van der Waals surface area contributed by atoms with Crippen molar-refractivity contribution in [3.8, 4) is 11.5 Å². The summed E-state index contributed by atoms with van der Waals surface area (Å²) < 4.78 is 38.2. The number of Topliss-reactive ketones (excluding diaryl/α,β-unsaturated/α-hetero) is 1. The molecule has 160 valence electrons. The van der Waals surface area contributed by atoms with E-state index >= 15 is 0 Å². The molecule has 0 saturated carbocycles. The molecule has 4 rings (SSSR count). The fourth-order valence-corrected chi connectivity index (χ4v) is 4.10. The Balaban J connectivity index is 1.29. The van der Waals surface area contributed by atoms with Gasteiger partial charge in [0.25, 0.3) is 0 Å². The van der Waals surface area contributed by atoms with Crippen LogP contribution in [0.3, 0.4) is 0 Å². The average Bonchev–Trinajstić information content (AvgIpc) is 2.72. The van der Waals surface area contributed by atoms with Crippen molar-refractivity contribution in [3.05, 3.63) is 59.2 Å². The van der Waals surface area contributed by atoms with Gasteiger partial charge in [-0.05, 0) is 80.3 Å². The van der Waals surface area contributed by atoms with Crippen LogP contribution in [0, 0.1) is 11.6 Å². The summed E-state index contributed by atoms with van der Waals surface area (Å²) >= 11 is 0. The molecule has 0 radical (unpaired) electrons. The molecular formula is C23H25F2NO4. The maximum atomic E-state index is 13.3. The molecule has 0 aromatic heterocycles. The number of rotatable bonds is 6. The Hall–Kier alpha value is -2.51. The molecule has 0 fully saturated rings. The number of aliphatic hydroxyl groups is 1. The van der Waals surface area contributed by atoms with E-state index in [0.717, 1.165) is 11.1 Å². The van der Waals surface area contributed by atoms with Gasteiger partial charge in [-0.2, -0.15) is 0 Å². The van der Waals surface area contributed by atoms with Crippen LogP contribution in [0.4, 0.5) is 8.78 Å². The zero-order chi connectivity index (χ0) is 21.3. The van der Waals surface area contributed by atoms with Gasteiger partial charge in [0.2, 0.25) is 0 Å². The smallest absolute Gasteiger partial charge is 0.187 e. The predicted molar refractivity (Wildman–Crippen MR) is 107 cm³/mol. The van der Waals surface area contributed by atoms with E-state index in [9.17, 15) is 18.7 Å². The lowest BCUT2D eigenvalue weighted by atomic mass is 9.98. The van der Waals surface area contributed by atoms with Crippen molar-refractivity contribution >= 4 is 5.78 Å². The molecule has 2 aliphatic rings. The lowest BCUT2D eigenvalue weighted by Crippen LogP contribution is -2.45. The van der Waals surface area contributed by atoms with Gasteiger partial charge in [0.1, 0.15) is 35.3 Å².